The Morgan fingerprint density at radius 2 is 1.95 bits per heavy atom. The van der Waals surface area contributed by atoms with Crippen molar-refractivity contribution in [2.75, 3.05) is 18.0 Å². The third-order valence-electron chi connectivity index (χ3n) is 4.64. The number of esters is 1. The lowest BCUT2D eigenvalue weighted by Gasteiger charge is -2.37. The van der Waals surface area contributed by atoms with E-state index in [0.717, 1.165) is 24.0 Å². The van der Waals surface area contributed by atoms with E-state index in [-0.39, 0.29) is 11.6 Å². The highest BCUT2D eigenvalue weighted by Gasteiger charge is 2.43. The van der Waals surface area contributed by atoms with Crippen molar-refractivity contribution in [1.82, 2.24) is 9.36 Å². The first-order chi connectivity index (χ1) is 10.3. The third kappa shape index (κ3) is 3.42. The second kappa shape index (κ2) is 5.80. The van der Waals surface area contributed by atoms with Crippen LogP contribution in [0.15, 0.2) is 0 Å². The molecule has 1 aliphatic heterocycles. The molecule has 1 saturated heterocycles. The second-order valence-electron chi connectivity index (χ2n) is 7.58. The van der Waals surface area contributed by atoms with Crippen LogP contribution in [0, 0.1) is 24.7 Å². The van der Waals surface area contributed by atoms with E-state index < -0.39 is 0 Å². The van der Waals surface area contributed by atoms with Crippen LogP contribution in [0.1, 0.15) is 45.9 Å². The topological polar surface area (TPSA) is 55.3 Å². The summed E-state index contributed by atoms with van der Waals surface area (Å²) in [4.78, 5) is 19.0. The minimum Gasteiger partial charge on any atom is -0.460 e. The van der Waals surface area contributed by atoms with Gasteiger partial charge in [0.2, 0.25) is 5.13 Å². The number of ether oxygens (including phenoxy) is 1. The number of rotatable bonds is 3. The van der Waals surface area contributed by atoms with Crippen molar-refractivity contribution in [2.24, 2.45) is 17.8 Å². The van der Waals surface area contributed by atoms with Crippen LogP contribution >= 0.6 is 11.5 Å². The fraction of sp³-hybridized carbons (Fsp3) is 0.812. The van der Waals surface area contributed by atoms with Crippen molar-refractivity contribution in [3.8, 4) is 0 Å². The summed E-state index contributed by atoms with van der Waals surface area (Å²) < 4.78 is 9.79. The molecular formula is C16H25N3O2S. The highest BCUT2D eigenvalue weighted by atomic mass is 32.1. The van der Waals surface area contributed by atoms with Crippen LogP contribution in [0.25, 0.3) is 0 Å². The largest absolute Gasteiger partial charge is 0.460 e. The van der Waals surface area contributed by atoms with Gasteiger partial charge in [-0.2, -0.15) is 4.37 Å². The average molecular weight is 323 g/mol. The minimum absolute atomic E-state index is 0.0467. The van der Waals surface area contributed by atoms with Crippen LogP contribution in [-0.2, 0) is 9.53 Å². The molecule has 2 fully saturated rings. The van der Waals surface area contributed by atoms with Crippen LogP contribution in [0.2, 0.25) is 0 Å². The minimum atomic E-state index is -0.388. The first kappa shape index (κ1) is 15.7. The molecule has 1 aliphatic carbocycles. The normalized spacial score (nSPS) is 28.0. The molecule has 2 heterocycles. The molecule has 22 heavy (non-hydrogen) atoms. The zero-order valence-corrected chi connectivity index (χ0v) is 14.7. The van der Waals surface area contributed by atoms with Crippen LogP contribution in [0.5, 0.6) is 0 Å². The number of aryl methyl sites for hydroxylation is 1. The lowest BCUT2D eigenvalue weighted by Crippen LogP contribution is -2.43. The molecule has 0 spiro atoms. The van der Waals surface area contributed by atoms with Crippen molar-refractivity contribution in [3.05, 3.63) is 5.82 Å². The molecule has 122 valence electrons. The zero-order chi connectivity index (χ0) is 15.9. The lowest BCUT2D eigenvalue weighted by atomic mass is 9.83. The molecule has 0 aromatic carbocycles. The fourth-order valence-corrected chi connectivity index (χ4v) is 4.51. The molecule has 1 aromatic rings. The van der Waals surface area contributed by atoms with Gasteiger partial charge in [0.1, 0.15) is 11.4 Å². The van der Waals surface area contributed by atoms with Gasteiger partial charge in [-0.25, -0.2) is 4.98 Å². The standard InChI is InChI=1S/C16H25N3O2S/c1-10-17-15(22-18-10)19-8-11-5-6-12(9-19)13(11)7-14(20)21-16(2,3)4/h11-13H,5-9H2,1-4H3/t11-,12+,13?. The number of aromatic nitrogens is 2. The molecular weight excluding hydrogens is 298 g/mol. The summed E-state index contributed by atoms with van der Waals surface area (Å²) in [5.74, 6) is 2.43. The number of nitrogens with zero attached hydrogens (tertiary/aromatic N) is 3. The van der Waals surface area contributed by atoms with Crippen molar-refractivity contribution >= 4 is 22.6 Å². The summed E-state index contributed by atoms with van der Waals surface area (Å²) in [6, 6.07) is 0. The van der Waals surface area contributed by atoms with Gasteiger partial charge in [0, 0.05) is 31.0 Å². The number of anilines is 1. The van der Waals surface area contributed by atoms with Crippen LogP contribution in [0.4, 0.5) is 5.13 Å². The number of hydrogen-bond donors (Lipinski definition) is 0. The Labute approximate surface area is 136 Å². The van der Waals surface area contributed by atoms with Gasteiger partial charge < -0.3 is 9.64 Å². The van der Waals surface area contributed by atoms with E-state index in [1.165, 1.54) is 24.4 Å². The average Bonchev–Trinajstić information content (AvgIpc) is 2.89. The molecule has 2 bridgehead atoms. The number of carbonyl (C=O) groups is 1. The lowest BCUT2D eigenvalue weighted by molar-refractivity contribution is -0.156. The quantitative estimate of drug-likeness (QED) is 0.800. The van der Waals surface area contributed by atoms with Crippen molar-refractivity contribution in [3.63, 3.8) is 0 Å². The van der Waals surface area contributed by atoms with Gasteiger partial charge in [-0.1, -0.05) is 0 Å². The smallest absolute Gasteiger partial charge is 0.306 e. The second-order valence-corrected chi connectivity index (χ2v) is 8.31. The Balaban J connectivity index is 1.62. The molecule has 0 radical (unpaired) electrons. The van der Waals surface area contributed by atoms with Gasteiger partial charge in [0.05, 0.1) is 0 Å². The first-order valence-electron chi connectivity index (χ1n) is 8.09. The summed E-state index contributed by atoms with van der Waals surface area (Å²) in [5, 5.41) is 1.03. The summed E-state index contributed by atoms with van der Waals surface area (Å²) in [5.41, 5.74) is -0.388. The number of hydrogen-bond acceptors (Lipinski definition) is 6. The Kier molecular flexibility index (Phi) is 4.14. The maximum absolute atomic E-state index is 12.1. The van der Waals surface area contributed by atoms with E-state index in [9.17, 15) is 4.79 Å². The highest BCUT2D eigenvalue weighted by molar-refractivity contribution is 7.09. The summed E-state index contributed by atoms with van der Waals surface area (Å²) >= 11 is 1.48. The van der Waals surface area contributed by atoms with E-state index in [2.05, 4.69) is 14.3 Å². The van der Waals surface area contributed by atoms with Crippen molar-refractivity contribution < 1.29 is 9.53 Å². The monoisotopic (exact) mass is 323 g/mol. The molecule has 1 saturated carbocycles. The molecule has 3 atom stereocenters. The van der Waals surface area contributed by atoms with Gasteiger partial charge in [0.15, 0.2) is 0 Å². The molecule has 1 aromatic heterocycles. The molecule has 3 rings (SSSR count). The SMILES string of the molecule is Cc1nsc(N2C[C@H]3CC[C@@H](C2)C3CC(=O)OC(C)(C)C)n1. The Morgan fingerprint density at radius 3 is 2.45 bits per heavy atom. The molecule has 1 unspecified atom stereocenters. The van der Waals surface area contributed by atoms with E-state index in [1.807, 2.05) is 27.7 Å². The number of fused-ring (bicyclic) bond motifs is 2. The van der Waals surface area contributed by atoms with E-state index in [0.29, 0.717) is 24.2 Å². The molecule has 6 heteroatoms. The maximum Gasteiger partial charge on any atom is 0.306 e. The highest BCUT2D eigenvalue weighted by Crippen LogP contribution is 2.45. The predicted octanol–water partition coefficient (Wildman–Crippen LogP) is 3.04. The Hall–Kier alpha value is -1.17. The predicted molar refractivity (Wildman–Crippen MR) is 87.0 cm³/mol. The van der Waals surface area contributed by atoms with E-state index in [1.54, 1.807) is 0 Å². The molecule has 2 aliphatic rings. The van der Waals surface area contributed by atoms with E-state index >= 15 is 0 Å². The van der Waals surface area contributed by atoms with Crippen LogP contribution in [0.3, 0.4) is 0 Å². The van der Waals surface area contributed by atoms with Crippen LogP contribution in [-0.4, -0.2) is 34.0 Å². The van der Waals surface area contributed by atoms with Gasteiger partial charge in [-0.05, 0) is 58.3 Å². The number of carbonyl (C=O) groups excluding carboxylic acids is 1. The summed E-state index contributed by atoms with van der Waals surface area (Å²) in [7, 11) is 0. The van der Waals surface area contributed by atoms with Crippen LogP contribution < -0.4 is 4.90 Å². The summed E-state index contributed by atoms with van der Waals surface area (Å²) in [6.45, 7) is 9.72. The maximum atomic E-state index is 12.1. The van der Waals surface area contributed by atoms with E-state index in [4.69, 9.17) is 4.74 Å². The van der Waals surface area contributed by atoms with Gasteiger partial charge >= 0.3 is 5.97 Å². The number of piperidine rings is 1. The zero-order valence-electron chi connectivity index (χ0n) is 13.8. The molecule has 5 nitrogen and oxygen atoms in total. The van der Waals surface area contributed by atoms with Gasteiger partial charge in [-0.3, -0.25) is 4.79 Å². The fourth-order valence-electron chi connectivity index (χ4n) is 3.81. The Bertz CT molecular complexity index is 538. The first-order valence-corrected chi connectivity index (χ1v) is 8.86. The van der Waals surface area contributed by atoms with Gasteiger partial charge in [0.25, 0.3) is 0 Å². The third-order valence-corrected chi connectivity index (χ3v) is 5.51. The Morgan fingerprint density at radius 1 is 1.32 bits per heavy atom. The van der Waals surface area contributed by atoms with Crippen molar-refractivity contribution in [1.29, 1.82) is 0 Å². The van der Waals surface area contributed by atoms with Gasteiger partial charge in [-0.15, -0.1) is 0 Å². The molecule has 0 amide bonds. The van der Waals surface area contributed by atoms with Crippen molar-refractivity contribution in [2.45, 2.75) is 52.6 Å². The summed E-state index contributed by atoms with van der Waals surface area (Å²) in [6.07, 6.45) is 2.99. The molecule has 0 N–H and O–H groups in total.